The van der Waals surface area contributed by atoms with Crippen LogP contribution in [0, 0.1) is 0 Å². The highest BCUT2D eigenvalue weighted by atomic mass is 32.1. The molecule has 0 saturated heterocycles. The van der Waals surface area contributed by atoms with Crippen molar-refractivity contribution in [2.75, 3.05) is 0 Å². The molecule has 0 radical (unpaired) electrons. The van der Waals surface area contributed by atoms with E-state index in [0.29, 0.717) is 5.92 Å². The summed E-state index contributed by atoms with van der Waals surface area (Å²) in [7, 11) is 0. The normalized spacial score (nSPS) is 14.3. The van der Waals surface area contributed by atoms with Gasteiger partial charge in [0.25, 0.3) is 0 Å². The van der Waals surface area contributed by atoms with Gasteiger partial charge in [0, 0.05) is 64.4 Å². The van der Waals surface area contributed by atoms with Crippen molar-refractivity contribution in [3.8, 4) is 44.8 Å². The van der Waals surface area contributed by atoms with Crippen LogP contribution in [0.2, 0.25) is 0 Å². The molecule has 0 bridgehead atoms. The van der Waals surface area contributed by atoms with Crippen LogP contribution in [0.25, 0.3) is 91.9 Å². The third-order valence-corrected chi connectivity index (χ3v) is 12.5. The molecule has 1 atom stereocenters. The number of nitrogens with zero attached hydrogens (tertiary/aromatic N) is 2. The molecule has 0 fully saturated rings. The van der Waals surface area contributed by atoms with Crippen LogP contribution in [0.3, 0.4) is 0 Å². The molecule has 1 aliphatic carbocycles. The number of aromatic nitrogens is 2. The van der Waals surface area contributed by atoms with E-state index in [-0.39, 0.29) is 0 Å². The molecule has 9 aromatic rings. The number of allylic oxidation sites excluding steroid dienone is 1. The second kappa shape index (κ2) is 11.3. The van der Waals surface area contributed by atoms with Gasteiger partial charge in [-0.2, -0.15) is 0 Å². The van der Waals surface area contributed by atoms with Gasteiger partial charge in [-0.25, -0.2) is 0 Å². The number of hydrogen-bond donors (Lipinski definition) is 0. The van der Waals surface area contributed by atoms with Gasteiger partial charge in [-0.3, -0.25) is 9.97 Å². The van der Waals surface area contributed by atoms with Crippen LogP contribution in [-0.2, 0) is 0 Å². The first-order valence-corrected chi connectivity index (χ1v) is 18.4. The smallest absolute Gasteiger partial charge is 0.0716 e. The van der Waals surface area contributed by atoms with Crippen LogP contribution in [0.4, 0.5) is 0 Å². The quantitative estimate of drug-likeness (QED) is 0.187. The van der Waals surface area contributed by atoms with Gasteiger partial charge in [0.15, 0.2) is 0 Å². The number of pyridine rings is 2. The Bertz CT molecular complexity index is 2750. The summed E-state index contributed by atoms with van der Waals surface area (Å²) in [5.41, 5.74) is 10.4. The van der Waals surface area contributed by atoms with Gasteiger partial charge in [0.05, 0.1) is 11.4 Å². The lowest BCUT2D eigenvalue weighted by Crippen LogP contribution is -1.96. The highest BCUT2D eigenvalue weighted by Crippen LogP contribution is 2.45. The second-order valence-electron chi connectivity index (χ2n) is 13.0. The molecule has 232 valence electrons. The molecule has 4 heterocycles. The average Bonchev–Trinajstić information content (AvgIpc) is 3.74. The van der Waals surface area contributed by atoms with Crippen LogP contribution in [0.5, 0.6) is 0 Å². The van der Waals surface area contributed by atoms with E-state index in [1.54, 1.807) is 0 Å². The van der Waals surface area contributed by atoms with E-state index in [1.165, 1.54) is 62.6 Å². The molecule has 4 heteroatoms. The van der Waals surface area contributed by atoms with Crippen LogP contribution >= 0.6 is 22.7 Å². The molecule has 2 nitrogen and oxygen atoms in total. The molecule has 0 amide bonds. The fraction of sp³-hybridized carbons (Fsp3) is 0.0667. The van der Waals surface area contributed by atoms with Crippen LogP contribution < -0.4 is 0 Å². The zero-order valence-corrected chi connectivity index (χ0v) is 28.5. The highest BCUT2D eigenvalue weighted by Gasteiger charge is 2.21. The summed E-state index contributed by atoms with van der Waals surface area (Å²) < 4.78 is 3.92. The summed E-state index contributed by atoms with van der Waals surface area (Å²) in [6.07, 6.45) is 9.79. The number of hydrogen-bond acceptors (Lipinski definition) is 4. The predicted molar refractivity (Wildman–Crippen MR) is 212 cm³/mol. The Labute approximate surface area is 292 Å². The first-order valence-electron chi connectivity index (χ1n) is 16.8. The van der Waals surface area contributed by atoms with Gasteiger partial charge < -0.3 is 0 Å². The molecule has 1 aliphatic rings. The Morgan fingerprint density at radius 3 is 1.80 bits per heavy atom. The molecule has 5 aromatic carbocycles. The van der Waals surface area contributed by atoms with Crippen LogP contribution in [0.1, 0.15) is 29.7 Å². The Balaban J connectivity index is 1.06. The van der Waals surface area contributed by atoms with Gasteiger partial charge in [-0.15, -0.1) is 22.7 Å². The number of benzene rings is 5. The summed E-state index contributed by atoms with van der Waals surface area (Å²) >= 11 is 3.74. The maximum Gasteiger partial charge on any atom is 0.0716 e. The SMILES string of the molecule is CC1CC=Cc2sc3c(-c4ccc(-c5cc6ccccc6cc5-c5ccc(-c6cccc7c6sc6ccccc67)nc5)cn4)cccc3c21. The topological polar surface area (TPSA) is 25.8 Å². The molecule has 0 spiro atoms. The summed E-state index contributed by atoms with van der Waals surface area (Å²) in [6, 6.07) is 43.9. The Morgan fingerprint density at radius 2 is 1.14 bits per heavy atom. The van der Waals surface area contributed by atoms with Crippen LogP contribution in [0.15, 0.2) is 140 Å². The number of fused-ring (bicyclic) bond motifs is 7. The highest BCUT2D eigenvalue weighted by molar-refractivity contribution is 7.26. The minimum absolute atomic E-state index is 0.540. The maximum absolute atomic E-state index is 5.09. The lowest BCUT2D eigenvalue weighted by molar-refractivity contribution is 0.783. The maximum atomic E-state index is 5.09. The second-order valence-corrected chi connectivity index (χ2v) is 15.1. The fourth-order valence-corrected chi connectivity index (χ4v) is 10.2. The predicted octanol–water partition coefficient (Wildman–Crippen LogP) is 13.4. The Hall–Kier alpha value is -5.42. The zero-order chi connectivity index (χ0) is 32.5. The van der Waals surface area contributed by atoms with Crippen molar-refractivity contribution in [2.24, 2.45) is 0 Å². The molecule has 4 aromatic heterocycles. The Morgan fingerprint density at radius 1 is 0.551 bits per heavy atom. The summed E-state index contributed by atoms with van der Waals surface area (Å²) in [5.74, 6) is 0.540. The van der Waals surface area contributed by atoms with E-state index >= 15 is 0 Å². The molecule has 49 heavy (non-hydrogen) atoms. The lowest BCUT2D eigenvalue weighted by Gasteiger charge is -2.14. The largest absolute Gasteiger partial charge is 0.256 e. The minimum Gasteiger partial charge on any atom is -0.256 e. The van der Waals surface area contributed by atoms with E-state index in [9.17, 15) is 0 Å². The summed E-state index contributed by atoms with van der Waals surface area (Å²) in [6.45, 7) is 2.34. The van der Waals surface area contributed by atoms with Gasteiger partial charge in [-0.1, -0.05) is 104 Å². The van der Waals surface area contributed by atoms with Gasteiger partial charge in [0.1, 0.15) is 0 Å². The van der Waals surface area contributed by atoms with E-state index < -0.39 is 0 Å². The molecular formula is C45H30N2S2. The first kappa shape index (κ1) is 28.6. The lowest BCUT2D eigenvalue weighted by atomic mass is 9.90. The van der Waals surface area contributed by atoms with Crippen molar-refractivity contribution in [3.05, 3.63) is 150 Å². The number of rotatable bonds is 4. The average molecular weight is 663 g/mol. The number of thiophene rings is 2. The van der Waals surface area contributed by atoms with Gasteiger partial charge in [0.2, 0.25) is 0 Å². The Kier molecular flexibility index (Phi) is 6.61. The van der Waals surface area contributed by atoms with E-state index in [1.807, 2.05) is 35.1 Å². The fourth-order valence-electron chi connectivity index (χ4n) is 7.58. The molecule has 10 rings (SSSR count). The minimum atomic E-state index is 0.540. The van der Waals surface area contributed by atoms with Crippen molar-refractivity contribution in [2.45, 2.75) is 19.3 Å². The van der Waals surface area contributed by atoms with Crippen molar-refractivity contribution < 1.29 is 0 Å². The zero-order valence-electron chi connectivity index (χ0n) is 26.9. The van der Waals surface area contributed by atoms with Crippen molar-refractivity contribution in [1.29, 1.82) is 0 Å². The molecule has 1 unspecified atom stereocenters. The van der Waals surface area contributed by atoms with Gasteiger partial charge >= 0.3 is 0 Å². The third kappa shape index (κ3) is 4.67. The van der Waals surface area contributed by atoms with Crippen molar-refractivity contribution >= 4 is 69.8 Å². The molecule has 0 N–H and O–H groups in total. The first-order chi connectivity index (χ1) is 24.2. The molecular weight excluding hydrogens is 633 g/mol. The molecule has 0 aliphatic heterocycles. The van der Waals surface area contributed by atoms with Gasteiger partial charge in [-0.05, 0) is 81.6 Å². The van der Waals surface area contributed by atoms with Crippen LogP contribution in [-0.4, -0.2) is 9.97 Å². The van der Waals surface area contributed by atoms with Crippen molar-refractivity contribution in [3.63, 3.8) is 0 Å². The summed E-state index contributed by atoms with van der Waals surface area (Å²) in [5, 5.41) is 6.39. The molecule has 0 saturated carbocycles. The monoisotopic (exact) mass is 662 g/mol. The van der Waals surface area contributed by atoms with E-state index in [4.69, 9.17) is 9.97 Å². The van der Waals surface area contributed by atoms with E-state index in [0.717, 1.165) is 40.1 Å². The van der Waals surface area contributed by atoms with E-state index in [2.05, 4.69) is 140 Å². The standard InChI is InChI=1S/C45H30N2S2/c1-27-9-6-18-42-43(27)36-16-8-15-35(45(36)49-42)40-22-20-31(26-47-40)38-24-29-11-3-2-10-28(29)23-37(38)30-19-21-39(46-25-30)34-14-7-13-33-32-12-4-5-17-41(32)48-44(33)34/h2-8,10-27H,9H2,1H3. The third-order valence-electron chi connectivity index (χ3n) is 10.0. The van der Waals surface area contributed by atoms with Crippen molar-refractivity contribution in [1.82, 2.24) is 9.97 Å². The summed E-state index contributed by atoms with van der Waals surface area (Å²) in [4.78, 5) is 11.5.